The molecule has 0 aliphatic rings. The zero-order valence-corrected chi connectivity index (χ0v) is 14.3. The quantitative estimate of drug-likeness (QED) is 0.744. The number of hydrogen-bond donors (Lipinski definition) is 1. The van der Waals surface area contributed by atoms with Crippen LogP contribution in [0.4, 0.5) is 0 Å². The van der Waals surface area contributed by atoms with Crippen LogP contribution < -0.4 is 20.7 Å². The number of nitrogens with zero attached hydrogens (tertiary/aromatic N) is 1. The van der Waals surface area contributed by atoms with E-state index in [9.17, 15) is 9.59 Å². The molecule has 0 radical (unpaired) electrons. The highest BCUT2D eigenvalue weighted by molar-refractivity contribution is 7.18. The summed E-state index contributed by atoms with van der Waals surface area (Å²) in [5, 5.41) is 0.534. The lowest BCUT2D eigenvalue weighted by atomic mass is 10.3. The SMILES string of the molecule is CCOc1ccccc1OCCn1c(=O)[nH]c2sc(C)cc2c1=O. The summed E-state index contributed by atoms with van der Waals surface area (Å²) < 4.78 is 12.3. The second kappa shape index (κ2) is 6.92. The van der Waals surface area contributed by atoms with Crippen molar-refractivity contribution in [2.75, 3.05) is 13.2 Å². The van der Waals surface area contributed by atoms with E-state index in [2.05, 4.69) is 4.98 Å². The molecule has 3 rings (SSSR count). The third-order valence-electron chi connectivity index (χ3n) is 3.52. The summed E-state index contributed by atoms with van der Waals surface area (Å²) in [5.74, 6) is 1.24. The van der Waals surface area contributed by atoms with Gasteiger partial charge in [0, 0.05) is 4.88 Å². The predicted molar refractivity (Wildman–Crippen MR) is 94.5 cm³/mol. The number of hydrogen-bond acceptors (Lipinski definition) is 5. The summed E-state index contributed by atoms with van der Waals surface area (Å²) in [7, 11) is 0. The number of aryl methyl sites for hydroxylation is 1. The molecule has 0 spiro atoms. The van der Waals surface area contributed by atoms with E-state index >= 15 is 0 Å². The highest BCUT2D eigenvalue weighted by Crippen LogP contribution is 2.26. The van der Waals surface area contributed by atoms with Gasteiger partial charge < -0.3 is 9.47 Å². The minimum absolute atomic E-state index is 0.166. The van der Waals surface area contributed by atoms with Crippen molar-refractivity contribution in [3.63, 3.8) is 0 Å². The molecule has 2 aromatic heterocycles. The van der Waals surface area contributed by atoms with Gasteiger partial charge in [0.1, 0.15) is 11.4 Å². The molecule has 1 aromatic carbocycles. The van der Waals surface area contributed by atoms with E-state index in [1.807, 2.05) is 32.0 Å². The molecule has 2 heterocycles. The lowest BCUT2D eigenvalue weighted by Crippen LogP contribution is -2.36. The molecule has 0 amide bonds. The molecule has 24 heavy (non-hydrogen) atoms. The van der Waals surface area contributed by atoms with Gasteiger partial charge in [-0.2, -0.15) is 0 Å². The second-order valence-electron chi connectivity index (χ2n) is 5.22. The lowest BCUT2D eigenvalue weighted by molar-refractivity contribution is 0.264. The highest BCUT2D eigenvalue weighted by atomic mass is 32.1. The first-order valence-electron chi connectivity index (χ1n) is 7.68. The van der Waals surface area contributed by atoms with Gasteiger partial charge in [0.2, 0.25) is 0 Å². The number of benzene rings is 1. The average molecular weight is 346 g/mol. The Hall–Kier alpha value is -2.54. The van der Waals surface area contributed by atoms with E-state index in [-0.39, 0.29) is 18.7 Å². The number of aromatic amines is 1. The van der Waals surface area contributed by atoms with Gasteiger partial charge >= 0.3 is 5.69 Å². The van der Waals surface area contributed by atoms with Gasteiger partial charge in [-0.05, 0) is 32.0 Å². The fourth-order valence-corrected chi connectivity index (χ4v) is 3.36. The summed E-state index contributed by atoms with van der Waals surface area (Å²) in [6.45, 7) is 4.70. The molecule has 0 aliphatic heterocycles. The Morgan fingerprint density at radius 3 is 2.58 bits per heavy atom. The number of thiophene rings is 1. The van der Waals surface area contributed by atoms with E-state index in [0.717, 1.165) is 9.44 Å². The van der Waals surface area contributed by atoms with Crippen LogP contribution in [0, 0.1) is 6.92 Å². The second-order valence-corrected chi connectivity index (χ2v) is 6.47. The Balaban J connectivity index is 1.79. The van der Waals surface area contributed by atoms with E-state index in [4.69, 9.17) is 9.47 Å². The molecule has 1 N–H and O–H groups in total. The number of nitrogens with one attached hydrogen (secondary N) is 1. The van der Waals surface area contributed by atoms with E-state index in [0.29, 0.717) is 28.3 Å². The number of para-hydroxylation sites is 2. The van der Waals surface area contributed by atoms with Crippen molar-refractivity contribution < 1.29 is 9.47 Å². The highest BCUT2D eigenvalue weighted by Gasteiger charge is 2.10. The van der Waals surface area contributed by atoms with Crippen molar-refractivity contribution in [1.82, 2.24) is 9.55 Å². The van der Waals surface area contributed by atoms with Crippen LogP contribution in [0.3, 0.4) is 0 Å². The topological polar surface area (TPSA) is 73.3 Å². The van der Waals surface area contributed by atoms with Gasteiger partial charge in [-0.3, -0.25) is 14.3 Å². The molecular formula is C17H18N2O4S. The molecular weight excluding hydrogens is 328 g/mol. The lowest BCUT2D eigenvalue weighted by Gasteiger charge is -2.12. The van der Waals surface area contributed by atoms with Gasteiger partial charge in [0.15, 0.2) is 11.5 Å². The van der Waals surface area contributed by atoms with E-state index < -0.39 is 5.69 Å². The Bertz CT molecular complexity index is 971. The number of aromatic nitrogens is 2. The predicted octanol–water partition coefficient (Wildman–Crippen LogP) is 2.54. The minimum atomic E-state index is -0.420. The van der Waals surface area contributed by atoms with Crippen molar-refractivity contribution >= 4 is 21.6 Å². The van der Waals surface area contributed by atoms with Crippen molar-refractivity contribution in [1.29, 1.82) is 0 Å². The molecule has 7 heteroatoms. The van der Waals surface area contributed by atoms with Crippen LogP contribution in [0.5, 0.6) is 11.5 Å². The van der Waals surface area contributed by atoms with Gasteiger partial charge in [-0.1, -0.05) is 12.1 Å². The first-order chi connectivity index (χ1) is 11.6. The molecule has 0 atom stereocenters. The Morgan fingerprint density at radius 1 is 1.17 bits per heavy atom. The first kappa shape index (κ1) is 16.3. The number of ether oxygens (including phenoxy) is 2. The van der Waals surface area contributed by atoms with Crippen molar-refractivity contribution in [3.8, 4) is 11.5 Å². The van der Waals surface area contributed by atoms with Crippen molar-refractivity contribution in [2.24, 2.45) is 0 Å². The summed E-state index contributed by atoms with van der Waals surface area (Å²) in [5.41, 5.74) is -0.712. The largest absolute Gasteiger partial charge is 0.490 e. The molecule has 6 nitrogen and oxygen atoms in total. The van der Waals surface area contributed by atoms with Gasteiger partial charge in [-0.25, -0.2) is 4.79 Å². The minimum Gasteiger partial charge on any atom is -0.490 e. The fraction of sp³-hybridized carbons (Fsp3) is 0.294. The van der Waals surface area contributed by atoms with Crippen LogP contribution >= 0.6 is 11.3 Å². The normalized spacial score (nSPS) is 10.9. The van der Waals surface area contributed by atoms with Crippen molar-refractivity contribution in [3.05, 3.63) is 56.0 Å². The standard InChI is InChI=1S/C17H18N2O4S/c1-3-22-13-6-4-5-7-14(13)23-9-8-19-16(20)12-10-11(2)24-15(12)18-17(19)21/h4-7,10H,3,8-9H2,1-2H3,(H,18,21). The third kappa shape index (κ3) is 3.21. The first-order valence-corrected chi connectivity index (χ1v) is 8.49. The third-order valence-corrected chi connectivity index (χ3v) is 4.48. The maximum Gasteiger partial charge on any atom is 0.329 e. The zero-order valence-electron chi connectivity index (χ0n) is 13.5. The van der Waals surface area contributed by atoms with Gasteiger partial charge in [0.05, 0.1) is 18.5 Å². The molecule has 3 aromatic rings. The Kier molecular flexibility index (Phi) is 4.71. The van der Waals surface area contributed by atoms with Crippen molar-refractivity contribution in [2.45, 2.75) is 20.4 Å². The zero-order chi connectivity index (χ0) is 17.1. The van der Waals surface area contributed by atoms with Crippen LogP contribution in [0.1, 0.15) is 11.8 Å². The summed E-state index contributed by atoms with van der Waals surface area (Å²) in [4.78, 5) is 28.9. The molecule has 0 bridgehead atoms. The summed E-state index contributed by atoms with van der Waals surface area (Å²) in [6.07, 6.45) is 0. The molecule has 0 fully saturated rings. The number of H-pyrrole nitrogens is 1. The smallest absolute Gasteiger partial charge is 0.329 e. The van der Waals surface area contributed by atoms with Crippen LogP contribution in [0.25, 0.3) is 10.2 Å². The van der Waals surface area contributed by atoms with Crippen LogP contribution in [0.2, 0.25) is 0 Å². The van der Waals surface area contributed by atoms with Crippen LogP contribution in [0.15, 0.2) is 39.9 Å². The van der Waals surface area contributed by atoms with E-state index in [1.54, 1.807) is 12.1 Å². The van der Waals surface area contributed by atoms with E-state index in [1.165, 1.54) is 11.3 Å². The molecule has 0 unspecified atom stereocenters. The van der Waals surface area contributed by atoms with Gasteiger partial charge in [-0.15, -0.1) is 11.3 Å². The summed E-state index contributed by atoms with van der Waals surface area (Å²) >= 11 is 1.40. The molecule has 126 valence electrons. The molecule has 0 saturated carbocycles. The molecule has 0 saturated heterocycles. The number of fused-ring (bicyclic) bond motifs is 1. The summed E-state index contributed by atoms with van der Waals surface area (Å²) in [6, 6.07) is 9.11. The molecule has 0 aliphatic carbocycles. The fourth-order valence-electron chi connectivity index (χ4n) is 2.46. The maximum absolute atomic E-state index is 12.4. The van der Waals surface area contributed by atoms with Gasteiger partial charge in [0.25, 0.3) is 5.56 Å². The number of rotatable bonds is 6. The van der Waals surface area contributed by atoms with Crippen LogP contribution in [-0.2, 0) is 6.54 Å². The average Bonchev–Trinajstić information content (AvgIpc) is 2.93. The van der Waals surface area contributed by atoms with Crippen LogP contribution in [-0.4, -0.2) is 22.8 Å². The maximum atomic E-state index is 12.4. The Morgan fingerprint density at radius 2 is 1.88 bits per heavy atom. The monoisotopic (exact) mass is 346 g/mol. The Labute approximate surface area is 142 Å².